The van der Waals surface area contributed by atoms with Crippen molar-refractivity contribution in [3.05, 3.63) is 0 Å². The van der Waals surface area contributed by atoms with Gasteiger partial charge in [-0.3, -0.25) is 0 Å². The third-order valence-electron chi connectivity index (χ3n) is 1.76. The Morgan fingerprint density at radius 3 is 2.27 bits per heavy atom. The summed E-state index contributed by atoms with van der Waals surface area (Å²) in [5.41, 5.74) is 0. The third-order valence-corrected chi connectivity index (χ3v) is 1.76. The van der Waals surface area contributed by atoms with Gasteiger partial charge in [-0.05, 0) is 12.8 Å². The maximum Gasteiger partial charge on any atom is 0.245 e. The predicted octanol–water partition coefficient (Wildman–Crippen LogP) is 3.86. The number of halogens is 2. The molecule has 0 aromatic rings. The van der Waals surface area contributed by atoms with E-state index in [4.69, 9.17) is 0 Å². The molecule has 1 atom stereocenters. The number of hydrogen-bond donors (Lipinski definition) is 0. The zero-order chi connectivity index (χ0) is 8.91. The van der Waals surface area contributed by atoms with E-state index >= 15 is 0 Å². The molecule has 0 bridgehead atoms. The maximum absolute atomic E-state index is 12.4. The summed E-state index contributed by atoms with van der Waals surface area (Å²) in [6.45, 7) is 4.97. The number of unbranched alkanes of at least 4 members (excludes halogenated alkanes) is 1. The summed E-state index contributed by atoms with van der Waals surface area (Å²) in [6, 6.07) is 0. The average molecular weight is 164 g/mol. The Bertz CT molecular complexity index is 94.2. The van der Waals surface area contributed by atoms with Gasteiger partial charge in [0.05, 0.1) is 0 Å². The van der Waals surface area contributed by atoms with Crippen molar-refractivity contribution in [1.82, 2.24) is 0 Å². The Hall–Kier alpha value is -0.140. The van der Waals surface area contributed by atoms with Gasteiger partial charge >= 0.3 is 0 Å². The zero-order valence-electron chi connectivity index (χ0n) is 7.66. The Morgan fingerprint density at radius 1 is 1.36 bits per heavy atom. The van der Waals surface area contributed by atoms with E-state index in [-0.39, 0.29) is 12.3 Å². The van der Waals surface area contributed by atoms with Crippen LogP contribution in [-0.2, 0) is 0 Å². The second-order valence-corrected chi connectivity index (χ2v) is 3.52. The van der Waals surface area contributed by atoms with E-state index in [0.717, 1.165) is 26.2 Å². The van der Waals surface area contributed by atoms with Gasteiger partial charge in [-0.15, -0.1) is 0 Å². The Balaban J connectivity index is 3.44. The highest BCUT2D eigenvalue weighted by molar-refractivity contribution is 4.63. The van der Waals surface area contributed by atoms with Crippen LogP contribution in [0.15, 0.2) is 0 Å². The zero-order valence-corrected chi connectivity index (χ0v) is 7.66. The summed E-state index contributed by atoms with van der Waals surface area (Å²) in [4.78, 5) is 0. The molecule has 0 saturated heterocycles. The summed E-state index contributed by atoms with van der Waals surface area (Å²) >= 11 is 0. The van der Waals surface area contributed by atoms with Crippen molar-refractivity contribution < 1.29 is 8.78 Å². The smallest absolute Gasteiger partial charge is 0.207 e. The van der Waals surface area contributed by atoms with E-state index in [1.54, 1.807) is 0 Å². The van der Waals surface area contributed by atoms with E-state index in [2.05, 4.69) is 6.92 Å². The molecule has 0 radical (unpaired) electrons. The molecule has 68 valence electrons. The van der Waals surface area contributed by atoms with Gasteiger partial charge < -0.3 is 0 Å². The number of hydrogen-bond acceptors (Lipinski definition) is 0. The molecule has 1 unspecified atom stereocenters. The molecule has 0 rings (SSSR count). The van der Waals surface area contributed by atoms with Crippen LogP contribution in [0.4, 0.5) is 8.78 Å². The fraction of sp³-hybridized carbons (Fsp3) is 1.00. The van der Waals surface area contributed by atoms with E-state index in [1.165, 1.54) is 0 Å². The molecule has 0 nitrogen and oxygen atoms in total. The van der Waals surface area contributed by atoms with Gasteiger partial charge in [0.15, 0.2) is 0 Å². The fourth-order valence-corrected chi connectivity index (χ4v) is 1.27. The summed E-state index contributed by atoms with van der Waals surface area (Å²) in [5, 5.41) is 0. The minimum atomic E-state index is -2.48. The first-order valence-electron chi connectivity index (χ1n) is 4.33. The van der Waals surface area contributed by atoms with Crippen LogP contribution in [-0.4, -0.2) is 5.92 Å². The standard InChI is InChI=1S/C9H18F2/c1-4-5-6-8(2)7-9(3,10)11/h8H,4-7H2,1-3H3. The molecule has 0 aromatic heterocycles. The molecular weight excluding hydrogens is 146 g/mol. The summed E-state index contributed by atoms with van der Waals surface area (Å²) in [5.74, 6) is -2.32. The average Bonchev–Trinajstić information content (AvgIpc) is 1.79. The molecule has 0 heterocycles. The SMILES string of the molecule is CCCCC(C)CC(C)(F)F. The Morgan fingerprint density at radius 2 is 1.91 bits per heavy atom. The van der Waals surface area contributed by atoms with E-state index < -0.39 is 5.92 Å². The number of rotatable bonds is 5. The summed E-state index contributed by atoms with van der Waals surface area (Å²) in [6.07, 6.45) is 3.13. The van der Waals surface area contributed by atoms with Gasteiger partial charge in [0, 0.05) is 6.42 Å². The second kappa shape index (κ2) is 4.68. The molecule has 0 aliphatic rings. The first-order chi connectivity index (χ1) is 4.95. The van der Waals surface area contributed by atoms with E-state index in [1.807, 2.05) is 6.92 Å². The molecule has 2 heteroatoms. The van der Waals surface area contributed by atoms with Gasteiger partial charge in [-0.1, -0.05) is 33.1 Å². The lowest BCUT2D eigenvalue weighted by Gasteiger charge is -2.15. The van der Waals surface area contributed by atoms with E-state index in [0.29, 0.717) is 0 Å². The number of alkyl halides is 2. The minimum absolute atomic E-state index is 0.0347. The third kappa shape index (κ3) is 7.76. The van der Waals surface area contributed by atoms with Crippen molar-refractivity contribution in [2.75, 3.05) is 0 Å². The monoisotopic (exact) mass is 164 g/mol. The minimum Gasteiger partial charge on any atom is -0.207 e. The highest BCUT2D eigenvalue weighted by Gasteiger charge is 2.23. The molecule has 0 aliphatic carbocycles. The van der Waals surface area contributed by atoms with Crippen molar-refractivity contribution in [3.63, 3.8) is 0 Å². The van der Waals surface area contributed by atoms with Gasteiger partial charge in [0.1, 0.15) is 0 Å². The molecular formula is C9H18F2. The molecule has 0 saturated carbocycles. The van der Waals surface area contributed by atoms with Crippen molar-refractivity contribution in [1.29, 1.82) is 0 Å². The highest BCUT2D eigenvalue weighted by atomic mass is 19.3. The van der Waals surface area contributed by atoms with Crippen LogP contribution in [0.1, 0.15) is 46.5 Å². The van der Waals surface area contributed by atoms with Crippen LogP contribution in [0.3, 0.4) is 0 Å². The van der Waals surface area contributed by atoms with Crippen LogP contribution in [0.25, 0.3) is 0 Å². The Kier molecular flexibility index (Phi) is 4.62. The van der Waals surface area contributed by atoms with Gasteiger partial charge in [0.2, 0.25) is 5.92 Å². The largest absolute Gasteiger partial charge is 0.245 e. The first-order valence-corrected chi connectivity index (χ1v) is 4.33. The van der Waals surface area contributed by atoms with Crippen LogP contribution in [0.5, 0.6) is 0 Å². The van der Waals surface area contributed by atoms with Gasteiger partial charge in [-0.2, -0.15) is 0 Å². The normalized spacial score (nSPS) is 15.0. The van der Waals surface area contributed by atoms with Gasteiger partial charge in [-0.25, -0.2) is 8.78 Å². The molecule has 0 N–H and O–H groups in total. The summed E-state index contributed by atoms with van der Waals surface area (Å²) in [7, 11) is 0. The van der Waals surface area contributed by atoms with Crippen LogP contribution in [0, 0.1) is 5.92 Å². The quantitative estimate of drug-likeness (QED) is 0.578. The van der Waals surface area contributed by atoms with E-state index in [9.17, 15) is 8.78 Å². The van der Waals surface area contributed by atoms with Crippen molar-refractivity contribution >= 4 is 0 Å². The maximum atomic E-state index is 12.4. The first kappa shape index (κ1) is 10.9. The molecule has 0 spiro atoms. The fourth-order valence-electron chi connectivity index (χ4n) is 1.27. The Labute approximate surface area is 68.0 Å². The highest BCUT2D eigenvalue weighted by Crippen LogP contribution is 2.25. The second-order valence-electron chi connectivity index (χ2n) is 3.52. The summed E-state index contributed by atoms with van der Waals surface area (Å²) < 4.78 is 24.8. The van der Waals surface area contributed by atoms with Crippen LogP contribution >= 0.6 is 0 Å². The van der Waals surface area contributed by atoms with Gasteiger partial charge in [0.25, 0.3) is 0 Å². The lowest BCUT2D eigenvalue weighted by atomic mass is 9.98. The van der Waals surface area contributed by atoms with Crippen molar-refractivity contribution in [2.24, 2.45) is 5.92 Å². The molecule has 11 heavy (non-hydrogen) atoms. The topological polar surface area (TPSA) is 0 Å². The van der Waals surface area contributed by atoms with Crippen molar-refractivity contribution in [3.8, 4) is 0 Å². The molecule has 0 amide bonds. The van der Waals surface area contributed by atoms with Crippen molar-refractivity contribution in [2.45, 2.75) is 52.4 Å². The lowest BCUT2D eigenvalue weighted by molar-refractivity contribution is -0.00246. The molecule has 0 aromatic carbocycles. The predicted molar refractivity (Wildman–Crippen MR) is 43.9 cm³/mol. The van der Waals surface area contributed by atoms with Crippen LogP contribution < -0.4 is 0 Å². The molecule has 0 fully saturated rings. The lowest BCUT2D eigenvalue weighted by Crippen LogP contribution is -2.14. The van der Waals surface area contributed by atoms with Crippen LogP contribution in [0.2, 0.25) is 0 Å². The molecule has 0 aliphatic heterocycles.